The first-order valence-electron chi connectivity index (χ1n) is 5.84. The molecule has 2 rings (SSSR count). The lowest BCUT2D eigenvalue weighted by Gasteiger charge is -2.26. The molecule has 4 N–H and O–H groups in total. The Bertz CT molecular complexity index is 359. The van der Waals surface area contributed by atoms with Gasteiger partial charge in [0.05, 0.1) is 5.69 Å². The fraction of sp³-hybridized carbons (Fsp3) is 0.583. The van der Waals surface area contributed by atoms with Crippen LogP contribution in [0.25, 0.3) is 0 Å². The van der Waals surface area contributed by atoms with Crippen molar-refractivity contribution >= 4 is 11.5 Å². The molecule has 4 heteroatoms. The van der Waals surface area contributed by atoms with E-state index in [0.717, 1.165) is 18.8 Å². The highest BCUT2D eigenvalue weighted by Crippen LogP contribution is 2.27. The number of ether oxygens (including phenoxy) is 1. The Hall–Kier alpha value is -1.45. The number of nitrogens with zero attached hydrogens (tertiary/aromatic N) is 1. The zero-order valence-electron chi connectivity index (χ0n) is 9.65. The van der Waals surface area contributed by atoms with E-state index in [0.29, 0.717) is 17.4 Å². The highest BCUT2D eigenvalue weighted by atomic mass is 16.5. The monoisotopic (exact) mass is 221 g/mol. The SMILES string of the molecule is CC1CCC(Oc2ccc(N)c(N)n2)CC1. The van der Waals surface area contributed by atoms with Gasteiger partial charge in [0.15, 0.2) is 5.82 Å². The number of pyridine rings is 1. The maximum absolute atomic E-state index is 5.79. The molecule has 1 aliphatic rings. The van der Waals surface area contributed by atoms with Crippen molar-refractivity contribution in [3.63, 3.8) is 0 Å². The Kier molecular flexibility index (Phi) is 3.17. The molecule has 0 radical (unpaired) electrons. The van der Waals surface area contributed by atoms with Crippen molar-refractivity contribution in [1.82, 2.24) is 4.98 Å². The van der Waals surface area contributed by atoms with Gasteiger partial charge in [-0.3, -0.25) is 0 Å². The summed E-state index contributed by atoms with van der Waals surface area (Å²) < 4.78 is 5.79. The lowest BCUT2D eigenvalue weighted by molar-refractivity contribution is 0.130. The van der Waals surface area contributed by atoms with Crippen molar-refractivity contribution in [2.45, 2.75) is 38.7 Å². The molecule has 0 bridgehead atoms. The van der Waals surface area contributed by atoms with E-state index in [2.05, 4.69) is 11.9 Å². The quantitative estimate of drug-likeness (QED) is 0.803. The third kappa shape index (κ3) is 2.56. The molecule has 16 heavy (non-hydrogen) atoms. The maximum Gasteiger partial charge on any atom is 0.215 e. The summed E-state index contributed by atoms with van der Waals surface area (Å²) in [4.78, 5) is 4.12. The molecule has 0 unspecified atom stereocenters. The van der Waals surface area contributed by atoms with Gasteiger partial charge >= 0.3 is 0 Å². The normalized spacial score (nSPS) is 25.3. The van der Waals surface area contributed by atoms with Gasteiger partial charge in [-0.15, -0.1) is 0 Å². The highest BCUT2D eigenvalue weighted by molar-refractivity contribution is 5.58. The van der Waals surface area contributed by atoms with Gasteiger partial charge in [-0.1, -0.05) is 6.92 Å². The zero-order chi connectivity index (χ0) is 11.5. The molecule has 0 aliphatic heterocycles. The van der Waals surface area contributed by atoms with Crippen LogP contribution in [0.1, 0.15) is 32.6 Å². The van der Waals surface area contributed by atoms with E-state index in [4.69, 9.17) is 16.2 Å². The Balaban J connectivity index is 1.96. The molecule has 0 aromatic carbocycles. The molecule has 0 atom stereocenters. The molecule has 1 fully saturated rings. The molecular weight excluding hydrogens is 202 g/mol. The standard InChI is InChI=1S/C12H19N3O/c1-8-2-4-9(5-3-8)16-11-7-6-10(13)12(14)15-11/h6-9H,2-5,13H2,1H3,(H2,14,15). The fourth-order valence-electron chi connectivity index (χ4n) is 2.05. The summed E-state index contributed by atoms with van der Waals surface area (Å²) in [6.45, 7) is 2.29. The van der Waals surface area contributed by atoms with E-state index in [-0.39, 0.29) is 6.10 Å². The van der Waals surface area contributed by atoms with Gasteiger partial charge in [0, 0.05) is 6.07 Å². The van der Waals surface area contributed by atoms with Crippen LogP contribution in [0.4, 0.5) is 11.5 Å². The summed E-state index contributed by atoms with van der Waals surface area (Å²) in [7, 11) is 0. The molecule has 0 saturated heterocycles. The summed E-state index contributed by atoms with van der Waals surface area (Å²) in [5, 5.41) is 0. The second-order valence-electron chi connectivity index (χ2n) is 4.62. The van der Waals surface area contributed by atoms with Gasteiger partial charge in [-0.25, -0.2) is 0 Å². The second kappa shape index (κ2) is 4.60. The van der Waals surface area contributed by atoms with E-state index >= 15 is 0 Å². The Morgan fingerprint density at radius 3 is 2.50 bits per heavy atom. The molecule has 1 aromatic rings. The van der Waals surface area contributed by atoms with Crippen molar-refractivity contribution in [2.75, 3.05) is 11.5 Å². The predicted molar refractivity (Wildman–Crippen MR) is 65.1 cm³/mol. The predicted octanol–water partition coefficient (Wildman–Crippen LogP) is 2.20. The smallest absolute Gasteiger partial charge is 0.215 e. The number of anilines is 2. The number of hydrogen-bond acceptors (Lipinski definition) is 4. The third-order valence-corrected chi connectivity index (χ3v) is 3.18. The van der Waals surface area contributed by atoms with Crippen molar-refractivity contribution in [3.8, 4) is 5.88 Å². The Labute approximate surface area is 96.0 Å². The third-order valence-electron chi connectivity index (χ3n) is 3.18. The summed E-state index contributed by atoms with van der Waals surface area (Å²) >= 11 is 0. The first-order valence-corrected chi connectivity index (χ1v) is 5.84. The van der Waals surface area contributed by atoms with Crippen LogP contribution < -0.4 is 16.2 Å². The fourth-order valence-corrected chi connectivity index (χ4v) is 2.05. The van der Waals surface area contributed by atoms with Crippen LogP contribution in [-0.2, 0) is 0 Å². The van der Waals surface area contributed by atoms with E-state index in [1.54, 1.807) is 12.1 Å². The molecule has 1 saturated carbocycles. The minimum absolute atomic E-state index is 0.284. The van der Waals surface area contributed by atoms with Crippen LogP contribution in [0.15, 0.2) is 12.1 Å². The van der Waals surface area contributed by atoms with Gasteiger partial charge in [-0.05, 0) is 37.7 Å². The summed E-state index contributed by atoms with van der Waals surface area (Å²) in [5.41, 5.74) is 11.7. The van der Waals surface area contributed by atoms with E-state index in [9.17, 15) is 0 Å². The molecule has 0 amide bonds. The summed E-state index contributed by atoms with van der Waals surface area (Å²) in [6, 6.07) is 3.52. The van der Waals surface area contributed by atoms with Gasteiger partial charge in [-0.2, -0.15) is 4.98 Å². The van der Waals surface area contributed by atoms with Crippen molar-refractivity contribution in [1.29, 1.82) is 0 Å². The largest absolute Gasteiger partial charge is 0.474 e. The molecule has 1 heterocycles. The number of rotatable bonds is 2. The molecule has 1 aliphatic carbocycles. The maximum atomic E-state index is 5.79. The van der Waals surface area contributed by atoms with E-state index in [1.165, 1.54) is 12.8 Å². The Morgan fingerprint density at radius 2 is 1.88 bits per heavy atom. The molecule has 88 valence electrons. The van der Waals surface area contributed by atoms with Crippen molar-refractivity contribution in [2.24, 2.45) is 5.92 Å². The molecule has 0 spiro atoms. The zero-order valence-corrected chi connectivity index (χ0v) is 9.65. The van der Waals surface area contributed by atoms with Crippen LogP contribution in [0, 0.1) is 5.92 Å². The van der Waals surface area contributed by atoms with E-state index in [1.807, 2.05) is 0 Å². The topological polar surface area (TPSA) is 74.2 Å². The minimum Gasteiger partial charge on any atom is -0.474 e. The van der Waals surface area contributed by atoms with Crippen molar-refractivity contribution < 1.29 is 4.74 Å². The van der Waals surface area contributed by atoms with Crippen LogP contribution in [0.3, 0.4) is 0 Å². The first kappa shape index (κ1) is 11.0. The number of hydrogen-bond donors (Lipinski definition) is 2. The first-order chi connectivity index (χ1) is 7.65. The Morgan fingerprint density at radius 1 is 1.19 bits per heavy atom. The highest BCUT2D eigenvalue weighted by Gasteiger charge is 2.19. The van der Waals surface area contributed by atoms with Gasteiger partial charge in [0.1, 0.15) is 6.10 Å². The van der Waals surface area contributed by atoms with Crippen LogP contribution in [0.5, 0.6) is 5.88 Å². The van der Waals surface area contributed by atoms with Crippen LogP contribution in [-0.4, -0.2) is 11.1 Å². The minimum atomic E-state index is 0.284. The second-order valence-corrected chi connectivity index (χ2v) is 4.62. The van der Waals surface area contributed by atoms with Crippen molar-refractivity contribution in [3.05, 3.63) is 12.1 Å². The molecular formula is C12H19N3O. The number of nitrogens with two attached hydrogens (primary N) is 2. The summed E-state index contributed by atoms with van der Waals surface area (Å²) in [6.07, 6.45) is 4.96. The van der Waals surface area contributed by atoms with Crippen LogP contribution in [0.2, 0.25) is 0 Å². The van der Waals surface area contributed by atoms with E-state index < -0.39 is 0 Å². The van der Waals surface area contributed by atoms with Gasteiger partial charge in [0.25, 0.3) is 0 Å². The number of aromatic nitrogens is 1. The average Bonchev–Trinajstić information content (AvgIpc) is 2.27. The van der Waals surface area contributed by atoms with Gasteiger partial charge in [0.2, 0.25) is 5.88 Å². The van der Waals surface area contributed by atoms with Crippen LogP contribution >= 0.6 is 0 Å². The lowest BCUT2D eigenvalue weighted by Crippen LogP contribution is -2.23. The van der Waals surface area contributed by atoms with Gasteiger partial charge < -0.3 is 16.2 Å². The average molecular weight is 221 g/mol. The lowest BCUT2D eigenvalue weighted by atomic mass is 9.89. The molecule has 1 aromatic heterocycles. The summed E-state index contributed by atoms with van der Waals surface area (Å²) in [5.74, 6) is 1.76. The molecule has 4 nitrogen and oxygen atoms in total. The number of nitrogen functional groups attached to an aromatic ring is 2.